The fourth-order valence-electron chi connectivity index (χ4n) is 8.44. The molecule has 54 heavy (non-hydrogen) atoms. The van der Waals surface area contributed by atoms with Crippen LogP contribution in [0.1, 0.15) is 0 Å². The molecule has 2 heteroatoms. The fraction of sp³-hybridized carbons (Fsp3) is 0. The van der Waals surface area contributed by atoms with Gasteiger partial charge in [0.1, 0.15) is 11.2 Å². The van der Waals surface area contributed by atoms with Gasteiger partial charge in [0.25, 0.3) is 0 Å². The highest BCUT2D eigenvalue weighted by atomic mass is 16.3. The molecule has 1 heterocycles. The molecule has 11 rings (SSSR count). The topological polar surface area (TPSA) is 16.4 Å². The Balaban J connectivity index is 1.05. The molecule has 0 unspecified atom stereocenters. The first-order valence-electron chi connectivity index (χ1n) is 18.5. The quantitative estimate of drug-likeness (QED) is 0.168. The Bertz CT molecular complexity index is 3190. The van der Waals surface area contributed by atoms with E-state index in [4.69, 9.17) is 4.42 Å². The van der Waals surface area contributed by atoms with Gasteiger partial charge in [-0.25, -0.2) is 0 Å². The molecule has 252 valence electrons. The maximum absolute atomic E-state index is 6.29. The highest BCUT2D eigenvalue weighted by Crippen LogP contribution is 2.44. The Morgan fingerprint density at radius 1 is 0.296 bits per heavy atom. The predicted octanol–water partition coefficient (Wildman–Crippen LogP) is 15.0. The Kier molecular flexibility index (Phi) is 6.90. The summed E-state index contributed by atoms with van der Waals surface area (Å²) in [6.07, 6.45) is 0. The summed E-state index contributed by atoms with van der Waals surface area (Å²) < 4.78 is 6.29. The fourth-order valence-corrected chi connectivity index (χ4v) is 8.44. The van der Waals surface area contributed by atoms with E-state index >= 15 is 0 Å². The second kappa shape index (κ2) is 12.2. The van der Waals surface area contributed by atoms with Crippen LogP contribution in [-0.2, 0) is 0 Å². The first kappa shape index (κ1) is 30.5. The molecular weight excluding hydrogens is 655 g/mol. The van der Waals surface area contributed by atoms with Crippen molar-refractivity contribution in [1.82, 2.24) is 0 Å². The maximum atomic E-state index is 6.29. The maximum Gasteiger partial charge on any atom is 0.136 e. The molecule has 0 aliphatic heterocycles. The summed E-state index contributed by atoms with van der Waals surface area (Å²) in [5.74, 6) is 0. The lowest BCUT2D eigenvalue weighted by molar-refractivity contribution is 0.669. The van der Waals surface area contributed by atoms with Crippen LogP contribution in [0.4, 0.5) is 17.1 Å². The molecule has 10 aromatic carbocycles. The molecule has 0 saturated carbocycles. The van der Waals surface area contributed by atoms with E-state index in [9.17, 15) is 0 Å². The van der Waals surface area contributed by atoms with Gasteiger partial charge >= 0.3 is 0 Å². The van der Waals surface area contributed by atoms with E-state index in [-0.39, 0.29) is 0 Å². The predicted molar refractivity (Wildman–Crippen MR) is 229 cm³/mol. The van der Waals surface area contributed by atoms with Crippen LogP contribution in [0.15, 0.2) is 205 Å². The summed E-state index contributed by atoms with van der Waals surface area (Å²) in [6.45, 7) is 0. The van der Waals surface area contributed by atoms with Gasteiger partial charge in [0, 0.05) is 27.5 Å². The zero-order valence-electron chi connectivity index (χ0n) is 29.4. The van der Waals surface area contributed by atoms with Crippen LogP contribution in [0.5, 0.6) is 0 Å². The number of rotatable bonds is 5. The van der Waals surface area contributed by atoms with Gasteiger partial charge in [0.15, 0.2) is 0 Å². The number of hydrogen-bond acceptors (Lipinski definition) is 2. The number of nitrogens with zero attached hydrogens (tertiary/aromatic N) is 1. The van der Waals surface area contributed by atoms with E-state index in [2.05, 4.69) is 193 Å². The number of benzene rings is 10. The van der Waals surface area contributed by atoms with E-state index in [0.29, 0.717) is 0 Å². The molecule has 2 nitrogen and oxygen atoms in total. The molecule has 0 spiro atoms. The average Bonchev–Trinajstić information content (AvgIpc) is 3.64. The summed E-state index contributed by atoms with van der Waals surface area (Å²) >= 11 is 0. The van der Waals surface area contributed by atoms with Crippen molar-refractivity contribution in [3.05, 3.63) is 200 Å². The molecule has 0 aliphatic carbocycles. The van der Waals surface area contributed by atoms with Crippen molar-refractivity contribution in [2.75, 3.05) is 4.90 Å². The van der Waals surface area contributed by atoms with Crippen LogP contribution < -0.4 is 4.90 Å². The zero-order valence-corrected chi connectivity index (χ0v) is 29.4. The van der Waals surface area contributed by atoms with E-state index in [1.165, 1.54) is 65.3 Å². The molecule has 0 bridgehead atoms. The van der Waals surface area contributed by atoms with Gasteiger partial charge in [-0.3, -0.25) is 0 Å². The highest BCUT2D eigenvalue weighted by Gasteiger charge is 2.19. The first-order chi connectivity index (χ1) is 26.8. The monoisotopic (exact) mass is 687 g/mol. The standard InChI is InChI=1S/C52H33NO/c1-2-9-34(10-3-1)35-21-26-41(27-22-35)53(48-15-8-14-46-45(48)31-32-50-52(46)47-13-6-7-16-49(47)54-50)42-28-23-36(24-29-42)39-25-30-44-40(33-39)20-19-38-18-17-37-11-4-5-12-43(37)51(38)44/h1-33H. The lowest BCUT2D eigenvalue weighted by Crippen LogP contribution is -2.10. The lowest BCUT2D eigenvalue weighted by atomic mass is 9.94. The van der Waals surface area contributed by atoms with Crippen LogP contribution >= 0.6 is 0 Å². The second-order valence-corrected chi connectivity index (χ2v) is 14.1. The van der Waals surface area contributed by atoms with Gasteiger partial charge in [-0.2, -0.15) is 0 Å². The van der Waals surface area contributed by atoms with Crippen LogP contribution in [0.3, 0.4) is 0 Å². The van der Waals surface area contributed by atoms with E-state index in [1.54, 1.807) is 0 Å². The molecule has 0 aliphatic rings. The van der Waals surface area contributed by atoms with E-state index in [0.717, 1.165) is 39.0 Å². The first-order valence-corrected chi connectivity index (χ1v) is 18.5. The van der Waals surface area contributed by atoms with E-state index < -0.39 is 0 Å². The average molecular weight is 688 g/mol. The molecule has 0 fully saturated rings. The van der Waals surface area contributed by atoms with Gasteiger partial charge in [-0.05, 0) is 115 Å². The Hall–Kier alpha value is -7.16. The molecule has 0 N–H and O–H groups in total. The van der Waals surface area contributed by atoms with Gasteiger partial charge in [0.2, 0.25) is 0 Å². The smallest absolute Gasteiger partial charge is 0.136 e. The molecule has 0 saturated heterocycles. The van der Waals surface area contributed by atoms with Crippen LogP contribution in [-0.4, -0.2) is 0 Å². The number of furan rings is 1. The second-order valence-electron chi connectivity index (χ2n) is 14.1. The minimum atomic E-state index is 0.903. The summed E-state index contributed by atoms with van der Waals surface area (Å²) in [6, 6.07) is 72.3. The van der Waals surface area contributed by atoms with Crippen molar-refractivity contribution in [2.24, 2.45) is 0 Å². The molecular formula is C52H33NO. The molecule has 0 amide bonds. The van der Waals surface area contributed by atoms with Crippen molar-refractivity contribution in [1.29, 1.82) is 0 Å². The largest absolute Gasteiger partial charge is 0.456 e. The molecule has 0 atom stereocenters. The van der Waals surface area contributed by atoms with Crippen molar-refractivity contribution in [3.8, 4) is 22.3 Å². The highest BCUT2D eigenvalue weighted by molar-refractivity contribution is 6.22. The minimum Gasteiger partial charge on any atom is -0.456 e. The summed E-state index contributed by atoms with van der Waals surface area (Å²) in [4.78, 5) is 2.38. The van der Waals surface area contributed by atoms with Gasteiger partial charge in [0.05, 0.1) is 5.69 Å². The summed E-state index contributed by atoms with van der Waals surface area (Å²) in [5, 5.41) is 12.3. The van der Waals surface area contributed by atoms with Crippen LogP contribution in [0, 0.1) is 0 Å². The van der Waals surface area contributed by atoms with Gasteiger partial charge in [-0.1, -0.05) is 146 Å². The SMILES string of the molecule is c1ccc(-c2ccc(N(c3ccc(-c4ccc5c(ccc6ccc7ccccc7c65)c4)cc3)c3cccc4c3ccc3oc5ccccc5c34)cc2)cc1. The zero-order chi connectivity index (χ0) is 35.6. The summed E-state index contributed by atoms with van der Waals surface area (Å²) in [7, 11) is 0. The van der Waals surface area contributed by atoms with Crippen molar-refractivity contribution < 1.29 is 4.42 Å². The Labute approximate surface area is 312 Å². The van der Waals surface area contributed by atoms with Gasteiger partial charge in [-0.15, -0.1) is 0 Å². The molecule has 1 aromatic heterocycles. The Morgan fingerprint density at radius 3 is 1.67 bits per heavy atom. The third kappa shape index (κ3) is 4.88. The molecule has 0 radical (unpaired) electrons. The van der Waals surface area contributed by atoms with Crippen molar-refractivity contribution >= 4 is 82.1 Å². The van der Waals surface area contributed by atoms with Gasteiger partial charge < -0.3 is 9.32 Å². The number of para-hydroxylation sites is 1. The van der Waals surface area contributed by atoms with Crippen molar-refractivity contribution in [2.45, 2.75) is 0 Å². The van der Waals surface area contributed by atoms with Crippen LogP contribution in [0.2, 0.25) is 0 Å². The van der Waals surface area contributed by atoms with Crippen LogP contribution in [0.25, 0.3) is 87.3 Å². The lowest BCUT2D eigenvalue weighted by Gasteiger charge is -2.27. The normalized spacial score (nSPS) is 11.7. The number of anilines is 3. The Morgan fingerprint density at radius 2 is 0.870 bits per heavy atom. The number of fused-ring (bicyclic) bond motifs is 10. The minimum absolute atomic E-state index is 0.903. The molecule has 11 aromatic rings. The van der Waals surface area contributed by atoms with Crippen molar-refractivity contribution in [3.63, 3.8) is 0 Å². The third-order valence-electron chi connectivity index (χ3n) is 11.0. The number of hydrogen-bond donors (Lipinski definition) is 0. The summed E-state index contributed by atoms with van der Waals surface area (Å²) in [5.41, 5.74) is 9.89. The van der Waals surface area contributed by atoms with E-state index in [1.807, 2.05) is 12.1 Å². The third-order valence-corrected chi connectivity index (χ3v) is 11.0.